The normalized spacial score (nSPS) is 19.7. The molecule has 0 radical (unpaired) electrons. The van der Waals surface area contributed by atoms with Crippen molar-refractivity contribution >= 4 is 29.3 Å². The predicted octanol–water partition coefficient (Wildman–Crippen LogP) is 6.31. The van der Waals surface area contributed by atoms with Gasteiger partial charge in [-0.05, 0) is 71.7 Å². The Balaban J connectivity index is 1.95. The Morgan fingerprint density at radius 1 is 0.710 bits per heavy atom. The molecule has 0 saturated heterocycles. The van der Waals surface area contributed by atoms with Crippen LogP contribution in [0, 0.1) is 11.3 Å². The molecule has 0 aromatic heterocycles. The molecule has 0 heterocycles. The first-order valence-electron chi connectivity index (χ1n) is 11.0. The third kappa shape index (κ3) is 5.66. The number of rotatable bonds is 4. The lowest BCUT2D eigenvalue weighted by Gasteiger charge is -2.35. The van der Waals surface area contributed by atoms with E-state index in [1.807, 2.05) is 28.2 Å². The molecule has 0 amide bonds. The van der Waals surface area contributed by atoms with Gasteiger partial charge in [-0.1, -0.05) is 45.0 Å². The molecule has 0 unspecified atom stereocenters. The highest BCUT2D eigenvalue weighted by atomic mass is 16.1. The fraction of sp³-hybridized carbons (Fsp3) is 0.393. The molecule has 1 fully saturated rings. The lowest BCUT2D eigenvalue weighted by atomic mass is 9.68. The number of ketones is 1. The summed E-state index contributed by atoms with van der Waals surface area (Å²) in [5.41, 5.74) is 6.46. The molecule has 1 saturated carbocycles. The second-order valence-electron chi connectivity index (χ2n) is 10.1. The second-order valence-corrected chi connectivity index (χ2v) is 10.1. The van der Waals surface area contributed by atoms with Crippen molar-refractivity contribution in [2.24, 2.45) is 11.3 Å². The van der Waals surface area contributed by atoms with Crippen LogP contribution in [0.3, 0.4) is 0 Å². The average Bonchev–Trinajstić information content (AvgIpc) is 2.71. The van der Waals surface area contributed by atoms with Crippen LogP contribution in [0.1, 0.15) is 44.7 Å². The lowest BCUT2D eigenvalue weighted by Crippen LogP contribution is -2.29. The summed E-state index contributed by atoms with van der Waals surface area (Å²) in [4.78, 5) is 17.6. The van der Waals surface area contributed by atoms with E-state index in [1.165, 1.54) is 0 Å². The van der Waals surface area contributed by atoms with E-state index < -0.39 is 0 Å². The van der Waals surface area contributed by atoms with E-state index >= 15 is 0 Å². The topological polar surface area (TPSA) is 23.6 Å². The molecular weight excluding hydrogens is 380 g/mol. The lowest BCUT2D eigenvalue weighted by molar-refractivity contribution is -0.113. The quantitative estimate of drug-likeness (QED) is 0.546. The molecular formula is C28H36N2O. The SMILES string of the molecule is CN(C)c1ccc(/C=C2\CC(C(C)(C)C)C/C(=C\c3ccc(N(C)C)cc3)C2=O)cc1. The Bertz CT molecular complexity index is 898. The van der Waals surface area contributed by atoms with E-state index in [0.717, 1.165) is 46.5 Å². The van der Waals surface area contributed by atoms with E-state index in [1.54, 1.807) is 0 Å². The Hall–Kier alpha value is -2.81. The van der Waals surface area contributed by atoms with Gasteiger partial charge in [0, 0.05) is 50.7 Å². The zero-order chi connectivity index (χ0) is 22.8. The summed E-state index contributed by atoms with van der Waals surface area (Å²) in [7, 11) is 8.14. The van der Waals surface area contributed by atoms with Gasteiger partial charge in [-0.25, -0.2) is 0 Å². The molecule has 0 bridgehead atoms. The highest BCUT2D eigenvalue weighted by Gasteiger charge is 2.34. The van der Waals surface area contributed by atoms with Crippen molar-refractivity contribution < 1.29 is 4.79 Å². The second kappa shape index (κ2) is 9.13. The van der Waals surface area contributed by atoms with Crippen LogP contribution in [0.25, 0.3) is 12.2 Å². The molecule has 2 aromatic carbocycles. The summed E-state index contributed by atoms with van der Waals surface area (Å²) in [5, 5.41) is 0. The van der Waals surface area contributed by atoms with Gasteiger partial charge in [-0.2, -0.15) is 0 Å². The number of nitrogens with zero attached hydrogens (tertiary/aromatic N) is 2. The van der Waals surface area contributed by atoms with E-state index in [4.69, 9.17) is 0 Å². The van der Waals surface area contributed by atoms with Crippen molar-refractivity contribution in [1.82, 2.24) is 0 Å². The number of benzene rings is 2. The van der Waals surface area contributed by atoms with Gasteiger partial charge in [-0.15, -0.1) is 0 Å². The van der Waals surface area contributed by atoms with Gasteiger partial charge in [-0.3, -0.25) is 4.79 Å². The number of Topliss-reactive ketones (excluding diaryl/α,β-unsaturated/α-hetero) is 1. The Labute approximate surface area is 188 Å². The van der Waals surface area contributed by atoms with Crippen LogP contribution in [-0.2, 0) is 4.79 Å². The summed E-state index contributed by atoms with van der Waals surface area (Å²) in [5.74, 6) is 0.624. The maximum absolute atomic E-state index is 13.4. The van der Waals surface area contributed by atoms with Crippen LogP contribution in [0.15, 0.2) is 59.7 Å². The number of carbonyl (C=O) groups is 1. The smallest absolute Gasteiger partial charge is 0.185 e. The number of hydrogen-bond acceptors (Lipinski definition) is 3. The van der Waals surface area contributed by atoms with Crippen LogP contribution in [0.5, 0.6) is 0 Å². The monoisotopic (exact) mass is 416 g/mol. The largest absolute Gasteiger partial charge is 0.378 e. The molecule has 0 aliphatic heterocycles. The third-order valence-corrected chi connectivity index (χ3v) is 6.24. The predicted molar refractivity (Wildman–Crippen MR) is 135 cm³/mol. The van der Waals surface area contributed by atoms with Gasteiger partial charge < -0.3 is 9.80 Å². The summed E-state index contributed by atoms with van der Waals surface area (Å²) < 4.78 is 0. The highest BCUT2D eigenvalue weighted by molar-refractivity contribution is 6.14. The van der Waals surface area contributed by atoms with Gasteiger partial charge in [0.25, 0.3) is 0 Å². The zero-order valence-electron chi connectivity index (χ0n) is 20.1. The molecule has 3 heteroatoms. The van der Waals surface area contributed by atoms with Gasteiger partial charge in [0.15, 0.2) is 5.78 Å². The number of hydrogen-bond donors (Lipinski definition) is 0. The number of carbonyl (C=O) groups excluding carboxylic acids is 1. The molecule has 3 nitrogen and oxygen atoms in total. The van der Waals surface area contributed by atoms with Gasteiger partial charge in [0.1, 0.15) is 0 Å². The summed E-state index contributed by atoms with van der Waals surface area (Å²) in [6, 6.07) is 16.8. The minimum Gasteiger partial charge on any atom is -0.378 e. The van der Waals surface area contributed by atoms with Crippen LogP contribution in [0.4, 0.5) is 11.4 Å². The van der Waals surface area contributed by atoms with Crippen molar-refractivity contribution in [3.8, 4) is 0 Å². The van der Waals surface area contributed by atoms with E-state index in [2.05, 4.69) is 91.3 Å². The molecule has 1 aliphatic carbocycles. The first-order valence-corrected chi connectivity index (χ1v) is 11.0. The van der Waals surface area contributed by atoms with Crippen molar-refractivity contribution in [3.63, 3.8) is 0 Å². The van der Waals surface area contributed by atoms with Crippen LogP contribution < -0.4 is 9.80 Å². The highest BCUT2D eigenvalue weighted by Crippen LogP contribution is 2.42. The van der Waals surface area contributed by atoms with Crippen LogP contribution in [-0.4, -0.2) is 34.0 Å². The van der Waals surface area contributed by atoms with Crippen molar-refractivity contribution in [2.75, 3.05) is 38.0 Å². The molecule has 3 rings (SSSR count). The molecule has 0 N–H and O–H groups in total. The fourth-order valence-corrected chi connectivity index (χ4v) is 4.00. The molecule has 164 valence electrons. The minimum atomic E-state index is 0.141. The standard InChI is InChI=1S/C28H36N2O/c1-28(2,3)24-18-22(16-20-8-12-25(13-9-20)29(4)5)27(31)23(19-24)17-21-10-14-26(15-11-21)30(6)7/h8-17,24H,18-19H2,1-7H3/b22-16+,23-17+. The number of anilines is 2. The maximum atomic E-state index is 13.4. The first kappa shape index (κ1) is 22.9. The Morgan fingerprint density at radius 3 is 1.35 bits per heavy atom. The zero-order valence-corrected chi connectivity index (χ0v) is 20.1. The van der Waals surface area contributed by atoms with Crippen LogP contribution >= 0.6 is 0 Å². The van der Waals surface area contributed by atoms with Crippen molar-refractivity contribution in [2.45, 2.75) is 33.6 Å². The molecule has 2 aromatic rings. The van der Waals surface area contributed by atoms with Gasteiger partial charge in [0.05, 0.1) is 0 Å². The van der Waals surface area contributed by atoms with E-state index in [-0.39, 0.29) is 11.2 Å². The van der Waals surface area contributed by atoms with Gasteiger partial charge in [0.2, 0.25) is 0 Å². The molecule has 31 heavy (non-hydrogen) atoms. The first-order chi connectivity index (χ1) is 14.5. The van der Waals surface area contributed by atoms with Crippen molar-refractivity contribution in [1.29, 1.82) is 0 Å². The summed E-state index contributed by atoms with van der Waals surface area (Å²) in [6.07, 6.45) is 5.83. The van der Waals surface area contributed by atoms with Crippen LogP contribution in [0.2, 0.25) is 0 Å². The fourth-order valence-electron chi connectivity index (χ4n) is 4.00. The Morgan fingerprint density at radius 2 is 1.06 bits per heavy atom. The summed E-state index contributed by atoms with van der Waals surface area (Å²) >= 11 is 0. The summed E-state index contributed by atoms with van der Waals surface area (Å²) in [6.45, 7) is 6.83. The minimum absolute atomic E-state index is 0.141. The molecule has 1 aliphatic rings. The average molecular weight is 417 g/mol. The maximum Gasteiger partial charge on any atom is 0.185 e. The molecule has 0 atom stereocenters. The number of allylic oxidation sites excluding steroid dienone is 2. The third-order valence-electron chi connectivity index (χ3n) is 6.24. The van der Waals surface area contributed by atoms with Gasteiger partial charge >= 0.3 is 0 Å². The van der Waals surface area contributed by atoms with Crippen molar-refractivity contribution in [3.05, 3.63) is 70.8 Å². The van der Waals surface area contributed by atoms with E-state index in [0.29, 0.717) is 5.92 Å². The van der Waals surface area contributed by atoms with E-state index in [9.17, 15) is 4.79 Å². The molecule has 0 spiro atoms. The Kier molecular flexibility index (Phi) is 6.74.